The molecule has 0 aromatic carbocycles. The van der Waals surface area contributed by atoms with Crippen LogP contribution in [0.4, 0.5) is 8.78 Å². The van der Waals surface area contributed by atoms with E-state index in [1.165, 1.54) is 45.8 Å². The number of halogens is 2. The summed E-state index contributed by atoms with van der Waals surface area (Å²) in [6.45, 7) is -0.261. The monoisotopic (exact) mass is 324 g/mol. The Balaban J connectivity index is 1.97. The third-order valence-corrected chi connectivity index (χ3v) is 2.89. The minimum atomic E-state index is -0.595. The summed E-state index contributed by atoms with van der Waals surface area (Å²) in [5, 5.41) is 22.4. The highest BCUT2D eigenvalue weighted by atomic mass is 19.1. The second-order valence-corrected chi connectivity index (χ2v) is 4.46. The Labute approximate surface area is 130 Å². The Morgan fingerprint density at radius 3 is 1.70 bits per heavy atom. The molecule has 23 heavy (non-hydrogen) atoms. The van der Waals surface area contributed by atoms with Crippen LogP contribution in [0.3, 0.4) is 0 Å². The van der Waals surface area contributed by atoms with Crippen LogP contribution in [0.25, 0.3) is 0 Å². The number of rotatable bonds is 6. The van der Waals surface area contributed by atoms with Gasteiger partial charge < -0.3 is 10.4 Å². The normalized spacial score (nSPS) is 11.6. The molecule has 2 heterocycles. The lowest BCUT2D eigenvalue weighted by Gasteiger charge is -2.00. The summed E-state index contributed by atoms with van der Waals surface area (Å²) in [5.41, 5.74) is 0.783. The van der Waals surface area contributed by atoms with Crippen LogP contribution in [-0.2, 0) is 18.2 Å². The van der Waals surface area contributed by atoms with Crippen LogP contribution in [0.5, 0.6) is 0 Å². The van der Waals surface area contributed by atoms with E-state index >= 15 is 0 Å². The Morgan fingerprint density at radius 2 is 1.35 bits per heavy atom. The number of hydrogen-bond acceptors (Lipinski definition) is 5. The highest BCUT2D eigenvalue weighted by molar-refractivity contribution is 5.78. The summed E-state index contributed by atoms with van der Waals surface area (Å²) in [5.74, 6) is -1.19. The molecule has 7 nitrogen and oxygen atoms in total. The van der Waals surface area contributed by atoms with Gasteiger partial charge in [0.05, 0.1) is 24.6 Å². The molecule has 0 atom stereocenters. The third kappa shape index (κ3) is 4.51. The fourth-order valence-electron chi connectivity index (χ4n) is 1.77. The first-order valence-corrected chi connectivity index (χ1v) is 6.44. The number of pyridine rings is 2. The molecule has 2 aromatic rings. The van der Waals surface area contributed by atoms with Gasteiger partial charge in [0.1, 0.15) is 0 Å². The fraction of sp³-hybridized carbons (Fsp3) is 0.143. The fourth-order valence-corrected chi connectivity index (χ4v) is 1.77. The second-order valence-electron chi connectivity index (χ2n) is 4.46. The van der Waals surface area contributed by atoms with E-state index in [2.05, 4.69) is 10.3 Å². The molecule has 0 saturated carbocycles. The summed E-state index contributed by atoms with van der Waals surface area (Å²) < 4.78 is 35.1. The molecule has 0 amide bonds. The van der Waals surface area contributed by atoms with Gasteiger partial charge in [0.15, 0.2) is 12.4 Å². The lowest BCUT2D eigenvalue weighted by Crippen LogP contribution is -2.44. The molecule has 0 unspecified atom stereocenters. The maximum Gasteiger partial charge on any atom is 0.362 e. The van der Waals surface area contributed by atoms with Crippen LogP contribution in [0, 0.1) is 11.9 Å². The molecule has 0 fully saturated rings. The molecule has 0 aliphatic rings. The van der Waals surface area contributed by atoms with Gasteiger partial charge in [-0.2, -0.15) is 0 Å². The number of ether oxygens (including phenoxy) is 1. The van der Waals surface area contributed by atoms with E-state index in [1.54, 1.807) is 0 Å². The minimum absolute atomic E-state index is 0.130. The highest BCUT2D eigenvalue weighted by Crippen LogP contribution is 1.98. The van der Waals surface area contributed by atoms with E-state index in [-0.39, 0.29) is 13.5 Å². The molecule has 2 aromatic heterocycles. The molecule has 120 valence electrons. The van der Waals surface area contributed by atoms with Crippen molar-refractivity contribution in [3.05, 3.63) is 59.7 Å². The first-order chi connectivity index (χ1) is 11.1. The summed E-state index contributed by atoms with van der Waals surface area (Å²) in [4.78, 5) is 0. The van der Waals surface area contributed by atoms with Gasteiger partial charge in [0, 0.05) is 23.3 Å². The van der Waals surface area contributed by atoms with Gasteiger partial charge in [0.25, 0.3) is 13.5 Å². The maximum atomic E-state index is 13.7. The average Bonchev–Trinajstić information content (AvgIpc) is 2.52. The Hall–Kier alpha value is -2.94. The molecule has 0 radical (unpaired) electrons. The summed E-state index contributed by atoms with van der Waals surface area (Å²) in [6, 6.07) is 5.39. The lowest BCUT2D eigenvalue weighted by atomic mass is 10.3. The van der Waals surface area contributed by atoms with Gasteiger partial charge in [-0.15, -0.1) is 17.9 Å². The molecular formula is C14H14F2N4O3+2. The van der Waals surface area contributed by atoms with Crippen LogP contribution in [0.1, 0.15) is 11.1 Å². The molecule has 2 rings (SSSR count). The molecule has 9 heteroatoms. The Kier molecular flexibility index (Phi) is 5.64. The van der Waals surface area contributed by atoms with Crippen molar-refractivity contribution >= 4 is 12.4 Å². The van der Waals surface area contributed by atoms with Crippen LogP contribution in [0.15, 0.2) is 47.0 Å². The Morgan fingerprint density at radius 1 is 0.913 bits per heavy atom. The van der Waals surface area contributed by atoms with E-state index in [0.717, 1.165) is 12.4 Å². The smallest absolute Gasteiger partial charge is 0.362 e. The van der Waals surface area contributed by atoms with E-state index in [0.29, 0.717) is 11.1 Å². The Bertz CT molecular complexity index is 676. The average molecular weight is 324 g/mol. The van der Waals surface area contributed by atoms with Gasteiger partial charge in [-0.05, 0) is 0 Å². The highest BCUT2D eigenvalue weighted by Gasteiger charge is 2.14. The molecule has 0 aliphatic carbocycles. The predicted molar refractivity (Wildman–Crippen MR) is 73.0 cm³/mol. The molecule has 0 spiro atoms. The predicted octanol–water partition coefficient (Wildman–Crippen LogP) is 0.788. The molecule has 0 bridgehead atoms. The minimum Gasteiger partial charge on any atom is -0.411 e. The van der Waals surface area contributed by atoms with Crippen LogP contribution >= 0.6 is 0 Å². The van der Waals surface area contributed by atoms with Crippen molar-refractivity contribution in [3.8, 4) is 0 Å². The number of oxime groups is 2. The van der Waals surface area contributed by atoms with Gasteiger partial charge in [0.2, 0.25) is 0 Å². The zero-order valence-electron chi connectivity index (χ0n) is 11.9. The van der Waals surface area contributed by atoms with E-state index in [1.807, 2.05) is 0 Å². The SMILES string of the molecule is ON=Cc1cc[n+](COC[n+]2ccc(C=NO)cc2F)c(F)c1. The van der Waals surface area contributed by atoms with Crippen molar-refractivity contribution in [2.75, 3.05) is 0 Å². The summed E-state index contributed by atoms with van der Waals surface area (Å²) in [7, 11) is 0. The quantitative estimate of drug-likeness (QED) is 0.271. The molecule has 0 aliphatic heterocycles. The first-order valence-electron chi connectivity index (χ1n) is 6.44. The van der Waals surface area contributed by atoms with Crippen molar-refractivity contribution < 1.29 is 33.1 Å². The maximum absolute atomic E-state index is 13.7. The van der Waals surface area contributed by atoms with Crippen molar-refractivity contribution in [2.45, 2.75) is 13.5 Å². The second kappa shape index (κ2) is 7.90. The molecular weight excluding hydrogens is 310 g/mol. The van der Waals surface area contributed by atoms with Gasteiger partial charge in [-0.3, -0.25) is 4.74 Å². The van der Waals surface area contributed by atoms with Gasteiger partial charge in [-0.1, -0.05) is 10.3 Å². The summed E-state index contributed by atoms with van der Waals surface area (Å²) in [6.07, 6.45) is 5.01. The first kappa shape index (κ1) is 16.4. The van der Waals surface area contributed by atoms with Crippen molar-refractivity contribution in [2.24, 2.45) is 10.3 Å². The third-order valence-electron chi connectivity index (χ3n) is 2.89. The van der Waals surface area contributed by atoms with E-state index < -0.39 is 11.9 Å². The van der Waals surface area contributed by atoms with Gasteiger partial charge in [-0.25, -0.2) is 0 Å². The molecule has 2 N–H and O–H groups in total. The zero-order chi connectivity index (χ0) is 16.7. The van der Waals surface area contributed by atoms with Crippen LogP contribution in [0.2, 0.25) is 0 Å². The standard InChI is InChI=1S/C14H12F2N4O3/c15-13-5-11(7-17-21)1-3-19(13)9-23-10-20-4-2-12(8-18-22)6-14(20)16/h1-8H,9-10H2/p+2. The van der Waals surface area contributed by atoms with Crippen molar-refractivity contribution in [1.29, 1.82) is 0 Å². The lowest BCUT2D eigenvalue weighted by molar-refractivity contribution is -0.810. The zero-order valence-corrected chi connectivity index (χ0v) is 11.9. The van der Waals surface area contributed by atoms with E-state index in [4.69, 9.17) is 15.2 Å². The molecule has 0 saturated heterocycles. The number of nitrogens with zero attached hydrogens (tertiary/aromatic N) is 4. The summed E-state index contributed by atoms with van der Waals surface area (Å²) >= 11 is 0. The topological polar surface area (TPSA) is 82.2 Å². The van der Waals surface area contributed by atoms with Crippen LogP contribution < -0.4 is 9.13 Å². The number of aromatic nitrogens is 2. The van der Waals surface area contributed by atoms with Gasteiger partial charge >= 0.3 is 11.9 Å². The largest absolute Gasteiger partial charge is 0.411 e. The van der Waals surface area contributed by atoms with Crippen LogP contribution in [-0.4, -0.2) is 22.8 Å². The van der Waals surface area contributed by atoms with Crippen molar-refractivity contribution in [3.63, 3.8) is 0 Å². The number of hydrogen-bond donors (Lipinski definition) is 2. The van der Waals surface area contributed by atoms with Crippen molar-refractivity contribution in [1.82, 2.24) is 0 Å². The van der Waals surface area contributed by atoms with E-state index in [9.17, 15) is 8.78 Å².